The van der Waals surface area contributed by atoms with Gasteiger partial charge >= 0.3 is 0 Å². The van der Waals surface area contributed by atoms with Crippen molar-refractivity contribution < 1.29 is 19.1 Å². The highest BCUT2D eigenvalue weighted by Gasteiger charge is 2.49. The average Bonchev–Trinajstić information content (AvgIpc) is 3.38. The Morgan fingerprint density at radius 3 is 2.64 bits per heavy atom. The number of hydrogen-bond donors (Lipinski definition) is 1. The van der Waals surface area contributed by atoms with Gasteiger partial charge in [0.2, 0.25) is 18.6 Å². The van der Waals surface area contributed by atoms with Gasteiger partial charge < -0.3 is 19.7 Å². The molecule has 4 rings (SSSR count). The molecule has 1 saturated heterocycles. The number of carbonyl (C=O) groups excluding carboxylic acids is 2. The van der Waals surface area contributed by atoms with Gasteiger partial charge in [-0.15, -0.1) is 0 Å². The Balaban J connectivity index is 1.23. The Bertz CT molecular complexity index is 745. The molecule has 2 fully saturated rings. The third kappa shape index (κ3) is 4.09. The van der Waals surface area contributed by atoms with Gasteiger partial charge in [0.05, 0.1) is 11.8 Å². The molecule has 7 nitrogen and oxygen atoms in total. The van der Waals surface area contributed by atoms with E-state index in [1.54, 1.807) is 0 Å². The van der Waals surface area contributed by atoms with Crippen LogP contribution in [0.25, 0.3) is 0 Å². The molecule has 1 N–H and O–H groups in total. The molecule has 3 atom stereocenters. The molecule has 3 unspecified atom stereocenters. The minimum Gasteiger partial charge on any atom is -0.454 e. The maximum atomic E-state index is 12.7. The zero-order valence-electron chi connectivity index (χ0n) is 16.6. The van der Waals surface area contributed by atoms with Crippen molar-refractivity contribution >= 4 is 11.8 Å². The van der Waals surface area contributed by atoms with E-state index in [2.05, 4.69) is 16.3 Å². The molecule has 7 heteroatoms. The SMILES string of the molecule is CCC(C)NC(=O)C1CC1C(=O)N1CCN(Cc2ccc3c(c2)OCO3)CC1. The highest BCUT2D eigenvalue weighted by atomic mass is 16.7. The molecule has 2 aliphatic heterocycles. The lowest BCUT2D eigenvalue weighted by atomic mass is 10.1. The predicted octanol–water partition coefficient (Wildman–Crippen LogP) is 1.61. The van der Waals surface area contributed by atoms with Crippen LogP contribution in [-0.2, 0) is 16.1 Å². The van der Waals surface area contributed by atoms with Crippen LogP contribution in [0.2, 0.25) is 0 Å². The molecule has 28 heavy (non-hydrogen) atoms. The molecule has 1 aromatic rings. The number of fused-ring (bicyclic) bond motifs is 1. The first-order valence-electron chi connectivity index (χ1n) is 10.2. The Morgan fingerprint density at radius 2 is 1.89 bits per heavy atom. The van der Waals surface area contributed by atoms with E-state index in [-0.39, 0.29) is 36.5 Å². The van der Waals surface area contributed by atoms with Crippen molar-refractivity contribution in [2.24, 2.45) is 11.8 Å². The first-order valence-corrected chi connectivity index (χ1v) is 10.2. The van der Waals surface area contributed by atoms with Crippen LogP contribution in [-0.4, -0.2) is 60.6 Å². The number of ether oxygens (including phenoxy) is 2. The van der Waals surface area contributed by atoms with E-state index in [9.17, 15) is 9.59 Å². The van der Waals surface area contributed by atoms with Gasteiger partial charge in [-0.3, -0.25) is 14.5 Å². The second-order valence-electron chi connectivity index (χ2n) is 8.06. The van der Waals surface area contributed by atoms with Crippen LogP contribution in [0.4, 0.5) is 0 Å². The Labute approximate surface area is 166 Å². The molecular formula is C21H29N3O4. The van der Waals surface area contributed by atoms with E-state index in [0.717, 1.165) is 50.6 Å². The second-order valence-corrected chi connectivity index (χ2v) is 8.06. The lowest BCUT2D eigenvalue weighted by Gasteiger charge is -2.35. The molecule has 1 aromatic carbocycles. The molecular weight excluding hydrogens is 358 g/mol. The van der Waals surface area contributed by atoms with Crippen LogP contribution >= 0.6 is 0 Å². The maximum Gasteiger partial charge on any atom is 0.231 e. The van der Waals surface area contributed by atoms with Gasteiger partial charge in [0.1, 0.15) is 0 Å². The summed E-state index contributed by atoms with van der Waals surface area (Å²) >= 11 is 0. The lowest BCUT2D eigenvalue weighted by Crippen LogP contribution is -2.49. The van der Waals surface area contributed by atoms with Crippen molar-refractivity contribution in [3.63, 3.8) is 0 Å². The van der Waals surface area contributed by atoms with Crippen molar-refractivity contribution in [3.8, 4) is 11.5 Å². The smallest absolute Gasteiger partial charge is 0.231 e. The van der Waals surface area contributed by atoms with Crippen LogP contribution in [0, 0.1) is 11.8 Å². The number of piperazine rings is 1. The maximum absolute atomic E-state index is 12.7. The molecule has 152 valence electrons. The fourth-order valence-electron chi connectivity index (χ4n) is 3.87. The summed E-state index contributed by atoms with van der Waals surface area (Å²) in [5.74, 6) is 1.54. The van der Waals surface area contributed by atoms with Gasteiger partial charge in [-0.1, -0.05) is 13.0 Å². The first kappa shape index (κ1) is 19.1. The van der Waals surface area contributed by atoms with E-state index in [1.807, 2.05) is 30.9 Å². The standard InChI is InChI=1S/C21H29N3O4/c1-3-14(2)22-20(25)16-11-17(16)21(26)24-8-6-23(7-9-24)12-15-4-5-18-19(10-15)28-13-27-18/h4-5,10,14,16-17H,3,6-9,11-13H2,1-2H3,(H,22,25). The average molecular weight is 387 g/mol. The van der Waals surface area contributed by atoms with E-state index < -0.39 is 0 Å². The summed E-state index contributed by atoms with van der Waals surface area (Å²) in [5, 5.41) is 2.99. The Kier molecular flexibility index (Phi) is 5.44. The number of nitrogens with zero attached hydrogens (tertiary/aromatic N) is 2. The molecule has 1 aliphatic carbocycles. The number of hydrogen-bond acceptors (Lipinski definition) is 5. The first-order chi connectivity index (χ1) is 13.5. The van der Waals surface area contributed by atoms with Crippen LogP contribution < -0.4 is 14.8 Å². The van der Waals surface area contributed by atoms with Crippen LogP contribution in [0.3, 0.4) is 0 Å². The van der Waals surface area contributed by atoms with Gasteiger partial charge in [-0.05, 0) is 37.5 Å². The van der Waals surface area contributed by atoms with Crippen molar-refractivity contribution in [2.75, 3.05) is 33.0 Å². The Hall–Kier alpha value is -2.28. The zero-order chi connectivity index (χ0) is 19.7. The number of rotatable bonds is 6. The highest BCUT2D eigenvalue weighted by Crippen LogP contribution is 2.40. The summed E-state index contributed by atoms with van der Waals surface area (Å²) < 4.78 is 10.8. The number of nitrogens with one attached hydrogen (secondary N) is 1. The third-order valence-corrected chi connectivity index (χ3v) is 5.97. The van der Waals surface area contributed by atoms with Crippen molar-refractivity contribution in [2.45, 2.75) is 39.3 Å². The summed E-state index contributed by atoms with van der Waals surface area (Å²) in [6.07, 6.45) is 1.60. The minimum absolute atomic E-state index is 0.0362. The van der Waals surface area contributed by atoms with Gasteiger partial charge in [0.15, 0.2) is 11.5 Å². The van der Waals surface area contributed by atoms with E-state index in [1.165, 1.54) is 5.56 Å². The second kappa shape index (κ2) is 7.99. The molecule has 0 bridgehead atoms. The molecule has 3 aliphatic rings. The van der Waals surface area contributed by atoms with Gasteiger partial charge in [0, 0.05) is 38.8 Å². The summed E-state index contributed by atoms with van der Waals surface area (Å²) in [4.78, 5) is 29.2. The van der Waals surface area contributed by atoms with E-state index in [4.69, 9.17) is 9.47 Å². The summed E-state index contributed by atoms with van der Waals surface area (Å²) in [7, 11) is 0. The lowest BCUT2D eigenvalue weighted by molar-refractivity contribution is -0.136. The summed E-state index contributed by atoms with van der Waals surface area (Å²) in [5.41, 5.74) is 1.19. The molecule has 2 amide bonds. The van der Waals surface area contributed by atoms with Crippen molar-refractivity contribution in [1.29, 1.82) is 0 Å². The van der Waals surface area contributed by atoms with Gasteiger partial charge in [-0.25, -0.2) is 0 Å². The third-order valence-electron chi connectivity index (χ3n) is 5.97. The largest absolute Gasteiger partial charge is 0.454 e. The van der Waals surface area contributed by atoms with Crippen LogP contribution in [0.1, 0.15) is 32.3 Å². The molecule has 1 saturated carbocycles. The summed E-state index contributed by atoms with van der Waals surface area (Å²) in [6.45, 7) is 8.30. The quantitative estimate of drug-likeness (QED) is 0.803. The fraction of sp³-hybridized carbons (Fsp3) is 0.619. The number of amides is 2. The molecule has 2 heterocycles. The molecule has 0 spiro atoms. The minimum atomic E-state index is -0.131. The van der Waals surface area contributed by atoms with Crippen molar-refractivity contribution in [1.82, 2.24) is 15.1 Å². The molecule has 0 radical (unpaired) electrons. The highest BCUT2D eigenvalue weighted by molar-refractivity contribution is 5.92. The predicted molar refractivity (Wildman–Crippen MR) is 104 cm³/mol. The monoisotopic (exact) mass is 387 g/mol. The fourth-order valence-corrected chi connectivity index (χ4v) is 3.87. The van der Waals surface area contributed by atoms with Gasteiger partial charge in [0.25, 0.3) is 0 Å². The van der Waals surface area contributed by atoms with E-state index in [0.29, 0.717) is 6.42 Å². The van der Waals surface area contributed by atoms with E-state index >= 15 is 0 Å². The van der Waals surface area contributed by atoms with Crippen LogP contribution in [0.15, 0.2) is 18.2 Å². The normalized spacial score (nSPS) is 24.7. The number of benzene rings is 1. The number of carbonyl (C=O) groups is 2. The van der Waals surface area contributed by atoms with Crippen molar-refractivity contribution in [3.05, 3.63) is 23.8 Å². The van der Waals surface area contributed by atoms with Gasteiger partial charge in [-0.2, -0.15) is 0 Å². The topological polar surface area (TPSA) is 71.1 Å². The zero-order valence-corrected chi connectivity index (χ0v) is 16.6. The Morgan fingerprint density at radius 1 is 1.14 bits per heavy atom. The summed E-state index contributed by atoms with van der Waals surface area (Å²) in [6, 6.07) is 6.22. The molecule has 0 aromatic heterocycles. The van der Waals surface area contributed by atoms with Crippen LogP contribution in [0.5, 0.6) is 11.5 Å².